The van der Waals surface area contributed by atoms with Gasteiger partial charge in [-0.15, -0.1) is 0 Å². The van der Waals surface area contributed by atoms with E-state index >= 15 is 0 Å². The average molecular weight is 358 g/mol. The first-order valence-electron chi connectivity index (χ1n) is 7.13. The van der Waals surface area contributed by atoms with Gasteiger partial charge in [0.1, 0.15) is 0 Å². The Kier molecular flexibility index (Phi) is 4.34. The first-order valence-corrected chi connectivity index (χ1v) is 8.30. The molecule has 2 saturated heterocycles. The molecule has 1 atom stereocenters. The van der Waals surface area contributed by atoms with Gasteiger partial charge in [-0.05, 0) is 50.6 Å². The molecule has 0 N–H and O–H groups in total. The van der Waals surface area contributed by atoms with Crippen LogP contribution in [-0.2, 0) is 0 Å². The number of rotatable bonds is 2. The van der Waals surface area contributed by atoms with E-state index in [0.29, 0.717) is 16.6 Å². The fourth-order valence-electron chi connectivity index (χ4n) is 3.16. The number of hydrogen-bond donors (Lipinski definition) is 0. The number of hydrogen-bond acceptors (Lipinski definition) is 2. The molecule has 5 heteroatoms. The molecule has 2 aliphatic heterocycles. The third-order valence-corrected chi connectivity index (χ3v) is 5.09. The molecule has 1 aromatic rings. The molecule has 0 bridgehead atoms. The lowest BCUT2D eigenvalue weighted by molar-refractivity contribution is 0.0780. The zero-order valence-electron chi connectivity index (χ0n) is 11.3. The summed E-state index contributed by atoms with van der Waals surface area (Å²) in [5.74, 6) is 0.0537. The molecule has 1 amide bonds. The molecule has 0 aliphatic carbocycles. The highest BCUT2D eigenvalue weighted by atomic mass is 79.9. The van der Waals surface area contributed by atoms with Crippen LogP contribution in [0.25, 0.3) is 0 Å². The maximum atomic E-state index is 12.6. The molecule has 1 aromatic carbocycles. The quantitative estimate of drug-likeness (QED) is 0.810. The maximum absolute atomic E-state index is 12.6. The molecule has 0 radical (unpaired) electrons. The number of halogens is 2. The van der Waals surface area contributed by atoms with Gasteiger partial charge in [-0.1, -0.05) is 27.5 Å². The van der Waals surface area contributed by atoms with Crippen molar-refractivity contribution in [1.82, 2.24) is 9.80 Å². The lowest BCUT2D eigenvalue weighted by atomic mass is 10.2. The summed E-state index contributed by atoms with van der Waals surface area (Å²) in [6.45, 7) is 4.04. The molecule has 3 rings (SSSR count). The van der Waals surface area contributed by atoms with Crippen LogP contribution in [0.15, 0.2) is 22.7 Å². The molecule has 3 nitrogen and oxygen atoms in total. The molecule has 0 aromatic heterocycles. The number of amides is 1. The third kappa shape index (κ3) is 2.87. The molecule has 0 unspecified atom stereocenters. The van der Waals surface area contributed by atoms with Crippen LogP contribution in [0.1, 0.15) is 29.6 Å². The van der Waals surface area contributed by atoms with Gasteiger partial charge in [0, 0.05) is 23.6 Å². The Morgan fingerprint density at radius 2 is 2.00 bits per heavy atom. The van der Waals surface area contributed by atoms with Crippen LogP contribution in [0.4, 0.5) is 0 Å². The van der Waals surface area contributed by atoms with Crippen LogP contribution in [0, 0.1) is 0 Å². The van der Waals surface area contributed by atoms with Gasteiger partial charge in [0.05, 0.1) is 10.6 Å². The molecule has 0 saturated carbocycles. The van der Waals surface area contributed by atoms with E-state index in [4.69, 9.17) is 11.6 Å². The molecule has 2 aliphatic rings. The Bertz CT molecular complexity index is 517. The highest BCUT2D eigenvalue weighted by molar-refractivity contribution is 9.10. The van der Waals surface area contributed by atoms with Crippen molar-refractivity contribution < 1.29 is 4.79 Å². The topological polar surface area (TPSA) is 23.6 Å². The molecule has 2 fully saturated rings. The second-order valence-electron chi connectivity index (χ2n) is 5.56. The monoisotopic (exact) mass is 356 g/mol. The van der Waals surface area contributed by atoms with Crippen LogP contribution < -0.4 is 0 Å². The van der Waals surface area contributed by atoms with Gasteiger partial charge in [-0.2, -0.15) is 0 Å². The van der Waals surface area contributed by atoms with Crippen LogP contribution >= 0.6 is 27.5 Å². The molecular formula is C15H18BrClN2O. The minimum Gasteiger partial charge on any atom is -0.337 e. The van der Waals surface area contributed by atoms with Crippen molar-refractivity contribution in [2.75, 3.05) is 26.2 Å². The highest BCUT2D eigenvalue weighted by Crippen LogP contribution is 2.26. The van der Waals surface area contributed by atoms with Gasteiger partial charge >= 0.3 is 0 Å². The summed E-state index contributed by atoms with van der Waals surface area (Å²) >= 11 is 9.56. The van der Waals surface area contributed by atoms with Crippen molar-refractivity contribution in [3.63, 3.8) is 0 Å². The van der Waals surface area contributed by atoms with Crippen LogP contribution in [-0.4, -0.2) is 47.9 Å². The van der Waals surface area contributed by atoms with E-state index in [9.17, 15) is 4.79 Å². The van der Waals surface area contributed by atoms with Crippen molar-refractivity contribution in [2.45, 2.75) is 25.3 Å². The van der Waals surface area contributed by atoms with Crippen molar-refractivity contribution in [3.05, 3.63) is 33.3 Å². The standard InChI is InChI=1S/C15H18BrClN2O/c16-11-3-4-14(17)13(9-11)15(20)19-8-5-12(10-19)18-6-1-2-7-18/h3-4,9,12H,1-2,5-8,10H2/t12-/m0/s1. The van der Waals surface area contributed by atoms with Gasteiger partial charge in [0.15, 0.2) is 0 Å². The first-order chi connectivity index (χ1) is 9.65. The van der Waals surface area contributed by atoms with Gasteiger partial charge in [0.25, 0.3) is 5.91 Å². The maximum Gasteiger partial charge on any atom is 0.255 e. The number of benzene rings is 1. The van der Waals surface area contributed by atoms with Crippen molar-refractivity contribution >= 4 is 33.4 Å². The smallest absolute Gasteiger partial charge is 0.255 e. The number of nitrogens with zero attached hydrogens (tertiary/aromatic N) is 2. The van der Waals surface area contributed by atoms with E-state index in [1.165, 1.54) is 25.9 Å². The van der Waals surface area contributed by atoms with E-state index in [2.05, 4.69) is 20.8 Å². The molecule has 20 heavy (non-hydrogen) atoms. The fraction of sp³-hybridized carbons (Fsp3) is 0.533. The zero-order valence-corrected chi connectivity index (χ0v) is 13.7. The van der Waals surface area contributed by atoms with Crippen molar-refractivity contribution in [2.24, 2.45) is 0 Å². The summed E-state index contributed by atoms with van der Waals surface area (Å²) in [5.41, 5.74) is 0.600. The van der Waals surface area contributed by atoms with E-state index < -0.39 is 0 Å². The highest BCUT2D eigenvalue weighted by Gasteiger charge is 2.32. The second-order valence-corrected chi connectivity index (χ2v) is 6.88. The summed E-state index contributed by atoms with van der Waals surface area (Å²) in [7, 11) is 0. The Hall–Kier alpha value is -0.580. The van der Waals surface area contributed by atoms with Crippen molar-refractivity contribution in [3.8, 4) is 0 Å². The fourth-order valence-corrected chi connectivity index (χ4v) is 3.72. The van der Waals surface area contributed by atoms with Crippen LogP contribution in [0.3, 0.4) is 0 Å². The summed E-state index contributed by atoms with van der Waals surface area (Å²) < 4.78 is 0.889. The number of carbonyl (C=O) groups excluding carboxylic acids is 1. The van der Waals surface area contributed by atoms with Gasteiger partial charge in [-0.3, -0.25) is 9.69 Å². The molecule has 108 valence electrons. The third-order valence-electron chi connectivity index (χ3n) is 4.27. The SMILES string of the molecule is O=C(c1cc(Br)ccc1Cl)N1CC[C@H](N2CCCC2)C1. The Morgan fingerprint density at radius 1 is 1.25 bits per heavy atom. The van der Waals surface area contributed by atoms with Crippen molar-refractivity contribution in [1.29, 1.82) is 0 Å². The lowest BCUT2D eigenvalue weighted by Gasteiger charge is -2.23. The molecule has 2 heterocycles. The lowest BCUT2D eigenvalue weighted by Crippen LogP contribution is -2.37. The van der Waals surface area contributed by atoms with E-state index in [-0.39, 0.29) is 5.91 Å². The van der Waals surface area contributed by atoms with Gasteiger partial charge < -0.3 is 4.90 Å². The largest absolute Gasteiger partial charge is 0.337 e. The number of likely N-dealkylation sites (tertiary alicyclic amines) is 2. The first kappa shape index (κ1) is 14.4. The summed E-state index contributed by atoms with van der Waals surface area (Å²) in [6.07, 6.45) is 3.67. The van der Waals surface area contributed by atoms with Gasteiger partial charge in [0.2, 0.25) is 0 Å². The predicted octanol–water partition coefficient (Wildman–Crippen LogP) is 3.41. The molecule has 0 spiro atoms. The second kappa shape index (κ2) is 6.04. The predicted molar refractivity (Wildman–Crippen MR) is 84.3 cm³/mol. The normalized spacial score (nSPS) is 23.5. The van der Waals surface area contributed by atoms with Gasteiger partial charge in [-0.25, -0.2) is 0 Å². The van der Waals surface area contributed by atoms with Crippen LogP contribution in [0.2, 0.25) is 5.02 Å². The van der Waals surface area contributed by atoms with E-state index in [0.717, 1.165) is 24.0 Å². The minimum absolute atomic E-state index is 0.0537. The number of carbonyl (C=O) groups is 1. The zero-order chi connectivity index (χ0) is 14.1. The molecular weight excluding hydrogens is 340 g/mol. The van der Waals surface area contributed by atoms with E-state index in [1.807, 2.05) is 17.0 Å². The van der Waals surface area contributed by atoms with Crippen LogP contribution in [0.5, 0.6) is 0 Å². The summed E-state index contributed by atoms with van der Waals surface area (Å²) in [6, 6.07) is 5.98. The summed E-state index contributed by atoms with van der Waals surface area (Å²) in [5, 5.41) is 0.530. The Balaban J connectivity index is 1.70. The minimum atomic E-state index is 0.0537. The average Bonchev–Trinajstić information content (AvgIpc) is 3.10. The van der Waals surface area contributed by atoms with E-state index in [1.54, 1.807) is 6.07 Å². The Labute approximate surface area is 133 Å². The Morgan fingerprint density at radius 3 is 2.75 bits per heavy atom. The summed E-state index contributed by atoms with van der Waals surface area (Å²) in [4.78, 5) is 17.0.